The first-order valence-electron chi connectivity index (χ1n) is 11.2. The van der Waals surface area contributed by atoms with Gasteiger partial charge < -0.3 is 15.0 Å². The molecule has 174 valence electrons. The van der Waals surface area contributed by atoms with E-state index in [9.17, 15) is 4.79 Å². The number of benzene rings is 2. The van der Waals surface area contributed by atoms with Gasteiger partial charge in [0.25, 0.3) is 5.91 Å². The number of nitrogens with zero attached hydrogens (tertiary/aromatic N) is 1. The van der Waals surface area contributed by atoms with Crippen LogP contribution in [0.15, 0.2) is 69.0 Å². The molecule has 4 nitrogen and oxygen atoms in total. The van der Waals surface area contributed by atoms with E-state index < -0.39 is 0 Å². The van der Waals surface area contributed by atoms with Crippen LogP contribution in [0.4, 0.5) is 5.69 Å². The van der Waals surface area contributed by atoms with Crippen molar-refractivity contribution in [1.29, 1.82) is 0 Å². The van der Waals surface area contributed by atoms with Crippen molar-refractivity contribution in [3.63, 3.8) is 0 Å². The van der Waals surface area contributed by atoms with Crippen molar-refractivity contribution in [2.75, 3.05) is 11.9 Å². The van der Waals surface area contributed by atoms with Gasteiger partial charge >= 0.3 is 0 Å². The van der Waals surface area contributed by atoms with Gasteiger partial charge in [0, 0.05) is 11.7 Å². The minimum atomic E-state index is -0.126. The largest absolute Gasteiger partial charge is 0.487 e. The van der Waals surface area contributed by atoms with Crippen LogP contribution in [0, 0.1) is 5.92 Å². The van der Waals surface area contributed by atoms with Crippen molar-refractivity contribution in [3.05, 3.63) is 74.5 Å². The normalized spacial score (nSPS) is 24.2. The standard InChI is InChI=1S/C26H28Br2N2O2S/c1-3-13-32-24-20(27)14-18(15-21(24)28)16-23-25(31)30(22-12-8-7-9-17(22)2)26(33-23)29-19-10-5-4-6-11-19/h3-6,10-11,14-17,22,26,29H,1,7-9,12-13H2,2H3/b23-16-/t17-,22-,26?/m0/s1. The zero-order valence-electron chi connectivity index (χ0n) is 18.6. The Labute approximate surface area is 217 Å². The Hall–Kier alpha value is -1.70. The highest BCUT2D eigenvalue weighted by molar-refractivity contribution is 9.11. The zero-order chi connectivity index (χ0) is 23.4. The summed E-state index contributed by atoms with van der Waals surface area (Å²) in [6.07, 6.45) is 8.33. The van der Waals surface area contributed by atoms with Gasteiger partial charge in [0.1, 0.15) is 12.4 Å². The lowest BCUT2D eigenvalue weighted by Crippen LogP contribution is -2.48. The molecule has 7 heteroatoms. The maximum atomic E-state index is 13.7. The summed E-state index contributed by atoms with van der Waals surface area (Å²) in [7, 11) is 0. The Balaban J connectivity index is 1.64. The Morgan fingerprint density at radius 2 is 1.88 bits per heavy atom. The second kappa shape index (κ2) is 11.2. The number of carbonyl (C=O) groups excluding carboxylic acids is 1. The van der Waals surface area contributed by atoms with Crippen LogP contribution < -0.4 is 10.1 Å². The van der Waals surface area contributed by atoms with E-state index in [4.69, 9.17) is 4.74 Å². The van der Waals surface area contributed by atoms with Gasteiger partial charge in [-0.1, -0.05) is 62.4 Å². The van der Waals surface area contributed by atoms with Gasteiger partial charge in [-0.05, 0) is 86.5 Å². The molecule has 1 amide bonds. The highest BCUT2D eigenvalue weighted by Gasteiger charge is 2.42. The predicted octanol–water partition coefficient (Wildman–Crippen LogP) is 7.67. The van der Waals surface area contributed by atoms with Crippen LogP contribution in [0.1, 0.15) is 38.2 Å². The molecule has 2 aromatic rings. The third kappa shape index (κ3) is 5.69. The average Bonchev–Trinajstić information content (AvgIpc) is 3.08. The summed E-state index contributed by atoms with van der Waals surface area (Å²) in [5, 5.41) is 3.59. The number of para-hydroxylation sites is 1. The van der Waals surface area contributed by atoms with Crippen LogP contribution >= 0.6 is 43.6 Å². The number of hydrogen-bond acceptors (Lipinski definition) is 4. The summed E-state index contributed by atoms with van der Waals surface area (Å²) in [6.45, 7) is 6.40. The summed E-state index contributed by atoms with van der Waals surface area (Å²) < 4.78 is 7.39. The third-order valence-corrected chi connectivity index (χ3v) is 8.38. The van der Waals surface area contributed by atoms with Gasteiger partial charge in [-0.3, -0.25) is 4.79 Å². The quantitative estimate of drug-likeness (QED) is 0.265. The van der Waals surface area contributed by atoms with Crippen molar-refractivity contribution in [3.8, 4) is 5.75 Å². The third-order valence-electron chi connectivity index (χ3n) is 6.09. The molecule has 0 radical (unpaired) electrons. The number of amides is 1. The number of nitrogens with one attached hydrogen (secondary N) is 1. The van der Waals surface area contributed by atoms with E-state index >= 15 is 0 Å². The molecule has 0 spiro atoms. The van der Waals surface area contributed by atoms with Crippen LogP contribution in [-0.2, 0) is 4.79 Å². The fraction of sp³-hybridized carbons (Fsp3) is 0.346. The molecule has 0 bridgehead atoms. The molecular formula is C26H28Br2N2O2S. The smallest absolute Gasteiger partial charge is 0.262 e. The average molecular weight is 592 g/mol. The molecule has 2 aromatic carbocycles. The molecule has 4 rings (SSSR count). The molecule has 1 heterocycles. The monoisotopic (exact) mass is 590 g/mol. The van der Waals surface area contributed by atoms with Crippen molar-refractivity contribution < 1.29 is 9.53 Å². The lowest BCUT2D eigenvalue weighted by molar-refractivity contribution is -0.129. The first-order chi connectivity index (χ1) is 16.0. The van der Waals surface area contributed by atoms with Crippen molar-refractivity contribution in [2.24, 2.45) is 5.92 Å². The van der Waals surface area contributed by atoms with E-state index in [-0.39, 0.29) is 17.4 Å². The first kappa shape index (κ1) is 24.4. The number of rotatable bonds is 7. The van der Waals surface area contributed by atoms with E-state index in [1.165, 1.54) is 19.3 Å². The van der Waals surface area contributed by atoms with E-state index in [2.05, 4.69) is 55.6 Å². The Bertz CT molecular complexity index is 1020. The summed E-state index contributed by atoms with van der Waals surface area (Å²) in [6, 6.07) is 14.3. The van der Waals surface area contributed by atoms with E-state index in [0.717, 1.165) is 37.3 Å². The lowest BCUT2D eigenvalue weighted by Gasteiger charge is -2.39. The van der Waals surface area contributed by atoms with Gasteiger partial charge in [0.15, 0.2) is 5.50 Å². The second-order valence-corrected chi connectivity index (χ2v) is 11.3. The van der Waals surface area contributed by atoms with Crippen LogP contribution in [0.2, 0.25) is 0 Å². The Morgan fingerprint density at radius 3 is 2.55 bits per heavy atom. The van der Waals surface area contributed by atoms with Gasteiger partial charge in [-0.15, -0.1) is 0 Å². The lowest BCUT2D eigenvalue weighted by atomic mass is 9.85. The molecule has 1 saturated carbocycles. The fourth-order valence-electron chi connectivity index (χ4n) is 4.46. The van der Waals surface area contributed by atoms with Crippen molar-refractivity contribution >= 4 is 61.3 Å². The maximum Gasteiger partial charge on any atom is 0.262 e. The Morgan fingerprint density at radius 1 is 1.18 bits per heavy atom. The predicted molar refractivity (Wildman–Crippen MR) is 145 cm³/mol. The van der Waals surface area contributed by atoms with Gasteiger partial charge in [-0.2, -0.15) is 0 Å². The minimum Gasteiger partial charge on any atom is -0.487 e. The number of hydrogen-bond donors (Lipinski definition) is 1. The van der Waals surface area contributed by atoms with Crippen molar-refractivity contribution in [2.45, 2.75) is 44.1 Å². The van der Waals surface area contributed by atoms with Crippen LogP contribution in [-0.4, -0.2) is 29.0 Å². The second-order valence-electron chi connectivity index (χ2n) is 8.44. The zero-order valence-corrected chi connectivity index (χ0v) is 22.6. The topological polar surface area (TPSA) is 41.6 Å². The van der Waals surface area contributed by atoms with Crippen LogP contribution in [0.5, 0.6) is 5.75 Å². The first-order valence-corrected chi connectivity index (χ1v) is 13.7. The molecule has 2 fully saturated rings. The van der Waals surface area contributed by atoms with Gasteiger partial charge in [-0.25, -0.2) is 0 Å². The summed E-state index contributed by atoms with van der Waals surface area (Å²) in [5.74, 6) is 1.32. The molecule has 1 unspecified atom stereocenters. The van der Waals surface area contributed by atoms with E-state index in [1.54, 1.807) is 17.8 Å². The van der Waals surface area contributed by atoms with Crippen LogP contribution in [0.3, 0.4) is 0 Å². The number of thioether (sulfide) groups is 1. The van der Waals surface area contributed by atoms with Gasteiger partial charge in [0.05, 0.1) is 13.9 Å². The number of ether oxygens (including phenoxy) is 1. The molecule has 2 aliphatic rings. The molecule has 0 aromatic heterocycles. The van der Waals surface area contributed by atoms with Crippen LogP contribution in [0.25, 0.3) is 6.08 Å². The maximum absolute atomic E-state index is 13.7. The highest BCUT2D eigenvalue weighted by Crippen LogP contribution is 2.43. The number of carbonyl (C=O) groups is 1. The molecular weight excluding hydrogens is 564 g/mol. The summed E-state index contributed by atoms with van der Waals surface area (Å²) in [5.41, 5.74) is 1.83. The molecule has 33 heavy (non-hydrogen) atoms. The molecule has 3 atom stereocenters. The van der Waals surface area contributed by atoms with E-state index in [0.29, 0.717) is 12.5 Å². The number of halogens is 2. The molecule has 1 saturated heterocycles. The molecule has 1 aliphatic carbocycles. The van der Waals surface area contributed by atoms with E-state index in [1.807, 2.05) is 48.5 Å². The minimum absolute atomic E-state index is 0.103. The SMILES string of the molecule is C=CCOc1c(Br)cc(/C=C2\SC(Nc3ccccc3)N([C@H]3CCCC[C@@H]3C)C2=O)cc1Br. The van der Waals surface area contributed by atoms with Crippen molar-refractivity contribution in [1.82, 2.24) is 4.90 Å². The summed E-state index contributed by atoms with van der Waals surface area (Å²) in [4.78, 5) is 16.5. The fourth-order valence-corrected chi connectivity index (χ4v) is 7.12. The summed E-state index contributed by atoms with van der Waals surface area (Å²) >= 11 is 8.79. The molecule has 1 N–H and O–H groups in total. The number of anilines is 1. The highest BCUT2D eigenvalue weighted by atomic mass is 79.9. The Kier molecular flexibility index (Phi) is 8.25. The molecule has 1 aliphatic heterocycles. The van der Waals surface area contributed by atoms with Gasteiger partial charge in [0.2, 0.25) is 0 Å².